The summed E-state index contributed by atoms with van der Waals surface area (Å²) in [5, 5.41) is 14.2. The van der Waals surface area contributed by atoms with Gasteiger partial charge in [0.1, 0.15) is 17.8 Å². The number of aromatic hydroxyl groups is 1. The van der Waals surface area contributed by atoms with Crippen LogP contribution in [0.4, 0.5) is 5.13 Å². The quantitative estimate of drug-likeness (QED) is 0.374. The zero-order valence-corrected chi connectivity index (χ0v) is 23.3. The number of phenolic OH excluding ortho intramolecular Hbond substituents is 1. The number of benzene rings is 1. The van der Waals surface area contributed by atoms with Gasteiger partial charge in [-0.15, -0.1) is 11.3 Å². The molecule has 2 fully saturated rings. The van der Waals surface area contributed by atoms with Crippen molar-refractivity contribution < 1.29 is 19.5 Å². The van der Waals surface area contributed by atoms with Crippen LogP contribution in [0.25, 0.3) is 0 Å². The maximum atomic E-state index is 13.6. The molecule has 3 aliphatic carbocycles. The molecule has 0 saturated heterocycles. The molecule has 7 heteroatoms. The van der Waals surface area contributed by atoms with E-state index >= 15 is 0 Å². The van der Waals surface area contributed by atoms with Crippen molar-refractivity contribution in [3.05, 3.63) is 39.9 Å². The van der Waals surface area contributed by atoms with Crippen molar-refractivity contribution in [3.8, 4) is 5.75 Å². The Kier molecular flexibility index (Phi) is 6.58. The van der Waals surface area contributed by atoms with Gasteiger partial charge in [0.25, 0.3) is 0 Å². The van der Waals surface area contributed by atoms with E-state index in [0.717, 1.165) is 42.4 Å². The highest BCUT2D eigenvalue weighted by molar-refractivity contribution is 7.15. The smallest absolute Gasteiger partial charge is 0.226 e. The second-order valence-corrected chi connectivity index (χ2v) is 13.9. The van der Waals surface area contributed by atoms with E-state index in [1.165, 1.54) is 22.5 Å². The number of aryl methyl sites for hydroxylation is 2. The number of nitrogens with zero attached hydrogens (tertiary/aromatic N) is 1. The maximum Gasteiger partial charge on any atom is 0.226 e. The summed E-state index contributed by atoms with van der Waals surface area (Å²) >= 11 is 1.44. The van der Waals surface area contributed by atoms with E-state index in [1.807, 2.05) is 13.0 Å². The Morgan fingerprint density at radius 1 is 1.30 bits per heavy atom. The van der Waals surface area contributed by atoms with E-state index in [0.29, 0.717) is 23.2 Å². The van der Waals surface area contributed by atoms with Gasteiger partial charge in [-0.25, -0.2) is 4.98 Å². The molecule has 6 nitrogen and oxygen atoms in total. The minimum Gasteiger partial charge on any atom is -0.508 e. The monoisotopic (exact) mass is 522 g/mol. The highest BCUT2D eigenvalue weighted by Crippen LogP contribution is 2.63. The fourth-order valence-electron chi connectivity index (χ4n) is 7.75. The first kappa shape index (κ1) is 26.1. The fraction of sp³-hybridized carbons (Fsp3) is 0.600. The Morgan fingerprint density at radius 2 is 2.05 bits per heavy atom. The lowest BCUT2D eigenvalue weighted by molar-refractivity contribution is -0.133. The molecule has 1 amide bonds. The Morgan fingerprint density at radius 3 is 2.70 bits per heavy atom. The van der Waals surface area contributed by atoms with Gasteiger partial charge < -0.3 is 15.2 Å². The lowest BCUT2D eigenvalue weighted by atomic mass is 9.53. The average molecular weight is 523 g/mol. The van der Waals surface area contributed by atoms with Crippen LogP contribution in [0.15, 0.2) is 18.3 Å². The van der Waals surface area contributed by atoms with Crippen LogP contribution >= 0.6 is 11.3 Å². The SMILES string of the molecule is Cc1cnc(NC(=O)CCC2C(C=O)C(=O)C3(C)CCC4c5cc(C(C)(C)C)c(O)cc5CCC4C23)s1. The minimum atomic E-state index is -0.644. The normalized spacial score (nSPS) is 30.8. The third kappa shape index (κ3) is 4.43. The number of phenols is 1. The number of amides is 1. The van der Waals surface area contributed by atoms with Crippen molar-refractivity contribution in [3.63, 3.8) is 0 Å². The number of carbonyl (C=O) groups excluding carboxylic acids is 3. The number of aromatic nitrogens is 1. The van der Waals surface area contributed by atoms with E-state index in [1.54, 1.807) is 6.20 Å². The Balaban J connectivity index is 1.44. The average Bonchev–Trinajstić information content (AvgIpc) is 3.33. The van der Waals surface area contributed by atoms with Crippen LogP contribution in [-0.2, 0) is 26.2 Å². The number of hydrogen-bond acceptors (Lipinski definition) is 6. The van der Waals surface area contributed by atoms with Gasteiger partial charge in [-0.3, -0.25) is 9.59 Å². The summed E-state index contributed by atoms with van der Waals surface area (Å²) in [7, 11) is 0. The van der Waals surface area contributed by atoms with Gasteiger partial charge in [0.2, 0.25) is 5.91 Å². The summed E-state index contributed by atoms with van der Waals surface area (Å²) in [6.07, 6.45) is 6.83. The van der Waals surface area contributed by atoms with Crippen molar-refractivity contribution in [2.45, 2.75) is 84.5 Å². The molecule has 0 aliphatic heterocycles. The molecule has 1 aromatic carbocycles. The van der Waals surface area contributed by atoms with E-state index < -0.39 is 11.3 Å². The second-order valence-electron chi connectivity index (χ2n) is 12.7. The summed E-state index contributed by atoms with van der Waals surface area (Å²) in [6.45, 7) is 10.4. The molecular formula is C30H38N2O4S. The first-order valence-electron chi connectivity index (χ1n) is 13.5. The predicted molar refractivity (Wildman–Crippen MR) is 145 cm³/mol. The molecule has 198 valence electrons. The summed E-state index contributed by atoms with van der Waals surface area (Å²) < 4.78 is 0. The number of carbonyl (C=O) groups is 3. The lowest BCUT2D eigenvalue weighted by Gasteiger charge is -2.50. The molecule has 6 atom stereocenters. The molecule has 2 saturated carbocycles. The predicted octanol–water partition coefficient (Wildman–Crippen LogP) is 5.95. The van der Waals surface area contributed by atoms with Crippen molar-refractivity contribution in [1.82, 2.24) is 4.98 Å². The maximum absolute atomic E-state index is 13.6. The molecule has 0 bridgehead atoms. The van der Waals surface area contributed by atoms with Crippen LogP contribution < -0.4 is 5.32 Å². The van der Waals surface area contributed by atoms with E-state index in [2.05, 4.69) is 44.1 Å². The number of fused-ring (bicyclic) bond motifs is 5. The molecular weight excluding hydrogens is 484 g/mol. The van der Waals surface area contributed by atoms with E-state index in [9.17, 15) is 19.5 Å². The number of rotatable bonds is 5. The van der Waals surface area contributed by atoms with Gasteiger partial charge in [-0.1, -0.05) is 33.8 Å². The molecule has 5 rings (SSSR count). The Labute approximate surface area is 223 Å². The molecule has 37 heavy (non-hydrogen) atoms. The van der Waals surface area contributed by atoms with Gasteiger partial charge in [-0.2, -0.15) is 0 Å². The molecule has 1 heterocycles. The zero-order chi connectivity index (χ0) is 26.7. The van der Waals surface area contributed by atoms with Gasteiger partial charge in [0.15, 0.2) is 5.13 Å². The van der Waals surface area contributed by atoms with Gasteiger partial charge in [0.05, 0.1) is 5.92 Å². The third-order valence-electron chi connectivity index (χ3n) is 9.41. The largest absolute Gasteiger partial charge is 0.508 e. The van der Waals surface area contributed by atoms with E-state index in [-0.39, 0.29) is 41.3 Å². The summed E-state index contributed by atoms with van der Waals surface area (Å²) in [4.78, 5) is 43.9. The number of thiazole rings is 1. The molecule has 0 radical (unpaired) electrons. The van der Waals surface area contributed by atoms with Crippen LogP contribution in [0.3, 0.4) is 0 Å². The lowest BCUT2D eigenvalue weighted by Crippen LogP contribution is -2.44. The molecule has 0 spiro atoms. The fourth-order valence-corrected chi connectivity index (χ4v) is 8.43. The van der Waals surface area contributed by atoms with Crippen LogP contribution in [-0.4, -0.2) is 28.1 Å². The standard InChI is InChI=1S/C30H38N2O4S/c1-16-14-31-28(37-16)32-25(35)9-8-20-22(15-33)27(36)30(5)11-10-18-19(26(20)30)7-6-17-12-24(34)23(13-21(17)18)29(2,3)4/h12-15,18-20,22,26,34H,6-11H2,1-5H3,(H,31,32,35). The van der Waals surface area contributed by atoms with Crippen molar-refractivity contribution >= 4 is 34.4 Å². The second kappa shape index (κ2) is 9.33. The Hall–Kier alpha value is -2.54. The van der Waals surface area contributed by atoms with Gasteiger partial charge >= 0.3 is 0 Å². The number of aldehydes is 1. The number of ketones is 1. The minimum absolute atomic E-state index is 0.0683. The first-order valence-corrected chi connectivity index (χ1v) is 14.3. The molecule has 3 aliphatic rings. The van der Waals surface area contributed by atoms with Crippen LogP contribution in [0.2, 0.25) is 0 Å². The summed E-state index contributed by atoms with van der Waals surface area (Å²) in [5.74, 6) is 0.196. The van der Waals surface area contributed by atoms with Crippen molar-refractivity contribution in [2.24, 2.45) is 29.1 Å². The summed E-state index contributed by atoms with van der Waals surface area (Å²) in [6, 6.07) is 4.16. The highest BCUT2D eigenvalue weighted by atomic mass is 32.1. The first-order chi connectivity index (χ1) is 17.4. The third-order valence-corrected chi connectivity index (χ3v) is 10.2. The van der Waals surface area contributed by atoms with Crippen LogP contribution in [0.1, 0.15) is 87.3 Å². The van der Waals surface area contributed by atoms with Gasteiger partial charge in [-0.05, 0) is 90.9 Å². The number of Topliss-reactive ketones (excluding diaryl/α,β-unsaturated/α-hetero) is 1. The number of nitrogens with one attached hydrogen (secondary N) is 1. The van der Waals surface area contributed by atoms with E-state index in [4.69, 9.17) is 0 Å². The molecule has 2 N–H and O–H groups in total. The summed E-state index contributed by atoms with van der Waals surface area (Å²) in [5.41, 5.74) is 2.77. The van der Waals surface area contributed by atoms with Crippen LogP contribution in [0.5, 0.6) is 5.75 Å². The molecule has 2 aromatic rings. The Bertz CT molecular complexity index is 1240. The number of anilines is 1. The van der Waals surface area contributed by atoms with Gasteiger partial charge in [0, 0.05) is 22.9 Å². The van der Waals surface area contributed by atoms with Crippen molar-refractivity contribution in [2.75, 3.05) is 5.32 Å². The molecule has 6 unspecified atom stereocenters. The zero-order valence-electron chi connectivity index (χ0n) is 22.5. The number of hydrogen-bond donors (Lipinski definition) is 2. The van der Waals surface area contributed by atoms with Crippen LogP contribution in [0, 0.1) is 36.0 Å². The molecule has 1 aromatic heterocycles. The van der Waals surface area contributed by atoms with Crippen molar-refractivity contribution in [1.29, 1.82) is 0 Å². The topological polar surface area (TPSA) is 96.4 Å². The highest BCUT2D eigenvalue weighted by Gasteiger charge is 2.62.